The highest BCUT2D eigenvalue weighted by Crippen LogP contribution is 2.29. The van der Waals surface area contributed by atoms with Crippen molar-refractivity contribution in [2.75, 3.05) is 0 Å². The summed E-state index contributed by atoms with van der Waals surface area (Å²) in [6.45, 7) is 13.5. The van der Waals surface area contributed by atoms with E-state index in [9.17, 15) is 0 Å². The van der Waals surface area contributed by atoms with Gasteiger partial charge < -0.3 is 0 Å². The number of hydrogen-bond donors (Lipinski definition) is 0. The van der Waals surface area contributed by atoms with Crippen molar-refractivity contribution in [2.45, 2.75) is 66.2 Å². The highest BCUT2D eigenvalue weighted by molar-refractivity contribution is 4.71. The molecule has 0 aromatic heterocycles. The lowest BCUT2D eigenvalue weighted by atomic mass is 9.80. The molecule has 0 aromatic carbocycles. The Morgan fingerprint density at radius 2 is 1.57 bits per heavy atom. The fourth-order valence-corrected chi connectivity index (χ4v) is 2.29. The monoisotopic (exact) mass is 197 g/mol. The minimum Gasteiger partial charge on any atom is -0.0654 e. The van der Waals surface area contributed by atoms with Crippen LogP contribution in [-0.4, -0.2) is 0 Å². The van der Waals surface area contributed by atoms with E-state index < -0.39 is 0 Å². The fourth-order valence-electron chi connectivity index (χ4n) is 2.29. The third kappa shape index (κ3) is 5.67. The van der Waals surface area contributed by atoms with E-state index in [2.05, 4.69) is 34.6 Å². The Morgan fingerprint density at radius 1 is 1.00 bits per heavy atom. The Bertz CT molecular complexity index is 117. The molecule has 0 aliphatic rings. The molecule has 0 heteroatoms. The van der Waals surface area contributed by atoms with Crippen LogP contribution < -0.4 is 0 Å². The van der Waals surface area contributed by atoms with Gasteiger partial charge in [-0.25, -0.2) is 0 Å². The standard InChI is InChI=1S/C14H29/c1-6-9-13(5)14(10-7-2)11-12(4)8-3/h12-14H,4,6-11H2,1-3,5H3. The van der Waals surface area contributed by atoms with Crippen molar-refractivity contribution >= 4 is 0 Å². The van der Waals surface area contributed by atoms with Crippen molar-refractivity contribution in [3.05, 3.63) is 6.92 Å². The third-order valence-corrected chi connectivity index (χ3v) is 3.42. The molecule has 14 heavy (non-hydrogen) atoms. The van der Waals surface area contributed by atoms with Gasteiger partial charge in [0.1, 0.15) is 0 Å². The molecule has 0 amide bonds. The summed E-state index contributed by atoms with van der Waals surface area (Å²) in [5.74, 6) is 2.49. The molecule has 0 rings (SSSR count). The van der Waals surface area contributed by atoms with Crippen molar-refractivity contribution in [3.63, 3.8) is 0 Å². The van der Waals surface area contributed by atoms with E-state index in [-0.39, 0.29) is 0 Å². The van der Waals surface area contributed by atoms with Crippen LogP contribution >= 0.6 is 0 Å². The van der Waals surface area contributed by atoms with Gasteiger partial charge in [-0.3, -0.25) is 0 Å². The molecule has 0 aromatic rings. The van der Waals surface area contributed by atoms with Crippen molar-refractivity contribution in [1.29, 1.82) is 0 Å². The van der Waals surface area contributed by atoms with Gasteiger partial charge in [-0.2, -0.15) is 0 Å². The summed E-state index contributed by atoms with van der Waals surface area (Å²) >= 11 is 0. The smallest absolute Gasteiger partial charge is 0.0386 e. The van der Waals surface area contributed by atoms with Crippen molar-refractivity contribution in [2.24, 2.45) is 17.8 Å². The molecular formula is C14H29. The molecule has 0 aliphatic carbocycles. The lowest BCUT2D eigenvalue weighted by molar-refractivity contribution is 0.265. The van der Waals surface area contributed by atoms with Crippen molar-refractivity contribution < 1.29 is 0 Å². The van der Waals surface area contributed by atoms with Crippen LogP contribution in [0.5, 0.6) is 0 Å². The summed E-state index contributed by atoms with van der Waals surface area (Å²) in [7, 11) is 0. The zero-order valence-electron chi connectivity index (χ0n) is 10.7. The highest BCUT2D eigenvalue weighted by Gasteiger charge is 2.17. The summed E-state index contributed by atoms with van der Waals surface area (Å²) in [6, 6.07) is 0. The first-order chi connectivity index (χ1) is 6.65. The van der Waals surface area contributed by atoms with Gasteiger partial charge in [0.15, 0.2) is 0 Å². The molecule has 0 nitrogen and oxygen atoms in total. The van der Waals surface area contributed by atoms with Gasteiger partial charge in [0.05, 0.1) is 0 Å². The quantitative estimate of drug-likeness (QED) is 0.508. The molecule has 0 aliphatic heterocycles. The van der Waals surface area contributed by atoms with Crippen LogP contribution in [-0.2, 0) is 0 Å². The molecular weight excluding hydrogens is 168 g/mol. The van der Waals surface area contributed by atoms with Gasteiger partial charge in [0, 0.05) is 0 Å². The minimum absolute atomic E-state index is 0.672. The van der Waals surface area contributed by atoms with E-state index in [0.29, 0.717) is 5.92 Å². The maximum absolute atomic E-state index is 4.22. The van der Waals surface area contributed by atoms with Crippen molar-refractivity contribution in [1.82, 2.24) is 0 Å². The average Bonchev–Trinajstić information content (AvgIpc) is 2.17. The van der Waals surface area contributed by atoms with Gasteiger partial charge >= 0.3 is 0 Å². The Kier molecular flexibility index (Phi) is 8.32. The highest BCUT2D eigenvalue weighted by atomic mass is 14.2. The molecule has 0 spiro atoms. The van der Waals surface area contributed by atoms with E-state index in [1.807, 2.05) is 0 Å². The summed E-state index contributed by atoms with van der Waals surface area (Å²) in [5, 5.41) is 0. The zero-order valence-corrected chi connectivity index (χ0v) is 10.7. The first-order valence-electron chi connectivity index (χ1n) is 6.48. The number of hydrogen-bond acceptors (Lipinski definition) is 0. The molecule has 0 heterocycles. The SMILES string of the molecule is [CH2]C(CC)CC(CCC)C(C)CCC. The van der Waals surface area contributed by atoms with Gasteiger partial charge in [-0.15, -0.1) is 0 Å². The fraction of sp³-hybridized carbons (Fsp3) is 0.929. The average molecular weight is 197 g/mol. The lowest BCUT2D eigenvalue weighted by Crippen LogP contribution is -2.15. The Morgan fingerprint density at radius 3 is 2.00 bits per heavy atom. The largest absolute Gasteiger partial charge is 0.0654 e. The van der Waals surface area contributed by atoms with Gasteiger partial charge in [-0.1, -0.05) is 66.7 Å². The molecule has 0 N–H and O–H groups in total. The van der Waals surface area contributed by atoms with Crippen molar-refractivity contribution in [3.8, 4) is 0 Å². The van der Waals surface area contributed by atoms with Gasteiger partial charge in [0.2, 0.25) is 0 Å². The normalized spacial score (nSPS) is 17.8. The van der Waals surface area contributed by atoms with E-state index in [1.165, 1.54) is 38.5 Å². The van der Waals surface area contributed by atoms with Crippen LogP contribution in [0.4, 0.5) is 0 Å². The van der Waals surface area contributed by atoms with E-state index >= 15 is 0 Å². The predicted molar refractivity (Wildman–Crippen MR) is 66.2 cm³/mol. The second kappa shape index (κ2) is 8.32. The third-order valence-electron chi connectivity index (χ3n) is 3.42. The molecule has 3 atom stereocenters. The first-order valence-corrected chi connectivity index (χ1v) is 6.48. The topological polar surface area (TPSA) is 0 Å². The summed E-state index contributed by atoms with van der Waals surface area (Å²) in [6.07, 6.45) is 8.02. The summed E-state index contributed by atoms with van der Waals surface area (Å²) in [4.78, 5) is 0. The van der Waals surface area contributed by atoms with Crippen LogP contribution in [0.15, 0.2) is 0 Å². The second-order valence-electron chi connectivity index (χ2n) is 4.82. The predicted octanol–water partition coefficient (Wildman–Crippen LogP) is 5.09. The Hall–Kier alpha value is 0. The molecule has 0 saturated carbocycles. The van der Waals surface area contributed by atoms with Gasteiger partial charge in [0.25, 0.3) is 0 Å². The summed E-state index contributed by atoms with van der Waals surface area (Å²) < 4.78 is 0. The lowest BCUT2D eigenvalue weighted by Gasteiger charge is -2.25. The van der Waals surface area contributed by atoms with Crippen LogP contribution in [0.3, 0.4) is 0 Å². The molecule has 0 bridgehead atoms. The van der Waals surface area contributed by atoms with Crippen LogP contribution in [0, 0.1) is 24.7 Å². The first kappa shape index (κ1) is 14.0. The zero-order chi connectivity index (χ0) is 11.0. The van der Waals surface area contributed by atoms with Crippen LogP contribution in [0.2, 0.25) is 0 Å². The Labute approximate surface area is 91.5 Å². The molecule has 0 saturated heterocycles. The molecule has 85 valence electrons. The maximum Gasteiger partial charge on any atom is -0.0386 e. The maximum atomic E-state index is 4.22. The van der Waals surface area contributed by atoms with E-state index in [4.69, 9.17) is 0 Å². The minimum atomic E-state index is 0.672. The molecule has 0 fully saturated rings. The molecule has 3 unspecified atom stereocenters. The summed E-state index contributed by atoms with van der Waals surface area (Å²) in [5.41, 5.74) is 0. The molecule has 1 radical (unpaired) electrons. The van der Waals surface area contributed by atoms with E-state index in [0.717, 1.165) is 11.8 Å². The second-order valence-corrected chi connectivity index (χ2v) is 4.82. The number of rotatable bonds is 8. The van der Waals surface area contributed by atoms with Gasteiger partial charge in [-0.05, 0) is 24.2 Å². The van der Waals surface area contributed by atoms with Crippen LogP contribution in [0.25, 0.3) is 0 Å². The Balaban J connectivity index is 3.98. The van der Waals surface area contributed by atoms with Crippen LogP contribution in [0.1, 0.15) is 66.2 Å². The van der Waals surface area contributed by atoms with E-state index in [1.54, 1.807) is 0 Å².